The van der Waals surface area contributed by atoms with E-state index in [4.69, 9.17) is 4.74 Å². The summed E-state index contributed by atoms with van der Waals surface area (Å²) in [7, 11) is -3.47. The van der Waals surface area contributed by atoms with Gasteiger partial charge in [0.15, 0.2) is 0 Å². The number of hydroxylamine groups is 1. The predicted molar refractivity (Wildman–Crippen MR) is 80.5 cm³/mol. The van der Waals surface area contributed by atoms with Gasteiger partial charge in [-0.15, -0.1) is 5.48 Å². The van der Waals surface area contributed by atoms with Gasteiger partial charge in [-0.3, -0.25) is 4.18 Å². The van der Waals surface area contributed by atoms with Crippen LogP contribution in [0.5, 0.6) is 0 Å². The first-order valence-corrected chi connectivity index (χ1v) is 8.69. The third-order valence-corrected chi connectivity index (χ3v) is 3.13. The van der Waals surface area contributed by atoms with E-state index in [-0.39, 0.29) is 19.6 Å². The fraction of sp³-hybridized carbons (Fsp3) is 0.429. The van der Waals surface area contributed by atoms with Gasteiger partial charge >= 0.3 is 12.1 Å². The average molecular weight is 345 g/mol. The molecule has 0 saturated heterocycles. The summed E-state index contributed by atoms with van der Waals surface area (Å²) in [6.45, 7) is 0.0612. The minimum Gasteiger partial charge on any atom is -0.443 e. The van der Waals surface area contributed by atoms with Crippen molar-refractivity contribution in [1.29, 1.82) is 0 Å². The number of carbonyl (C=O) groups is 2. The Labute approximate surface area is 134 Å². The number of ether oxygens (including phenoxy) is 1. The molecule has 8 nitrogen and oxygen atoms in total. The molecule has 0 atom stereocenters. The number of hydrogen-bond acceptors (Lipinski definition) is 7. The van der Waals surface area contributed by atoms with Crippen LogP contribution in [0.25, 0.3) is 0 Å². The summed E-state index contributed by atoms with van der Waals surface area (Å²) in [5.41, 5.74) is 2.69. The molecule has 1 aromatic carbocycles. The van der Waals surface area contributed by atoms with Crippen molar-refractivity contribution < 1.29 is 31.8 Å². The fourth-order valence-corrected chi connectivity index (χ4v) is 1.90. The lowest BCUT2D eigenvalue weighted by molar-refractivity contribution is -0.150. The maximum absolute atomic E-state index is 11.3. The highest BCUT2D eigenvalue weighted by Gasteiger charge is 2.08. The van der Waals surface area contributed by atoms with E-state index in [0.29, 0.717) is 12.8 Å². The van der Waals surface area contributed by atoms with Crippen molar-refractivity contribution in [2.45, 2.75) is 25.9 Å². The molecule has 0 unspecified atom stereocenters. The zero-order chi connectivity index (χ0) is 17.1. The SMILES string of the molecule is CS(=O)(=O)OCCCCC(=O)ONC(=O)OCc1ccccc1. The Morgan fingerprint density at radius 2 is 1.83 bits per heavy atom. The number of nitrogens with one attached hydrogen (secondary N) is 1. The molecule has 1 rings (SSSR count). The molecule has 128 valence electrons. The Balaban J connectivity index is 2.07. The van der Waals surface area contributed by atoms with Gasteiger partial charge in [-0.1, -0.05) is 30.3 Å². The van der Waals surface area contributed by atoms with E-state index in [1.165, 1.54) is 0 Å². The van der Waals surface area contributed by atoms with E-state index >= 15 is 0 Å². The van der Waals surface area contributed by atoms with Crippen molar-refractivity contribution in [2.24, 2.45) is 0 Å². The Morgan fingerprint density at radius 3 is 2.48 bits per heavy atom. The molecule has 0 aliphatic carbocycles. The van der Waals surface area contributed by atoms with E-state index in [1.807, 2.05) is 23.7 Å². The molecule has 0 fully saturated rings. The minimum absolute atomic E-state index is 0.00133. The first-order valence-electron chi connectivity index (χ1n) is 6.87. The molecular formula is C14H19NO7S. The van der Waals surface area contributed by atoms with Gasteiger partial charge in [0.2, 0.25) is 0 Å². The first kappa shape index (κ1) is 18.9. The summed E-state index contributed by atoms with van der Waals surface area (Å²) in [5.74, 6) is -0.652. The fourth-order valence-electron chi connectivity index (χ4n) is 1.48. The Morgan fingerprint density at radius 1 is 1.13 bits per heavy atom. The van der Waals surface area contributed by atoms with Crippen LogP contribution in [0.2, 0.25) is 0 Å². The van der Waals surface area contributed by atoms with E-state index < -0.39 is 22.2 Å². The zero-order valence-corrected chi connectivity index (χ0v) is 13.5. The third kappa shape index (κ3) is 10.3. The lowest BCUT2D eigenvalue weighted by Gasteiger charge is -2.07. The number of benzene rings is 1. The van der Waals surface area contributed by atoms with Crippen LogP contribution in [-0.2, 0) is 35.3 Å². The van der Waals surface area contributed by atoms with Crippen LogP contribution < -0.4 is 5.48 Å². The number of rotatable bonds is 8. The van der Waals surface area contributed by atoms with Gasteiger partial charge in [-0.25, -0.2) is 9.59 Å². The Bertz CT molecular complexity index is 601. The van der Waals surface area contributed by atoms with Gasteiger partial charge in [0.25, 0.3) is 10.1 Å². The summed E-state index contributed by atoms with van der Waals surface area (Å²) in [6.07, 6.45) is 0.844. The lowest BCUT2D eigenvalue weighted by atomic mass is 10.2. The monoisotopic (exact) mass is 345 g/mol. The highest BCUT2D eigenvalue weighted by molar-refractivity contribution is 7.85. The molecular weight excluding hydrogens is 326 g/mol. The lowest BCUT2D eigenvalue weighted by Crippen LogP contribution is -2.27. The van der Waals surface area contributed by atoms with E-state index in [9.17, 15) is 18.0 Å². The van der Waals surface area contributed by atoms with Crippen molar-refractivity contribution in [3.05, 3.63) is 35.9 Å². The van der Waals surface area contributed by atoms with E-state index in [1.54, 1.807) is 12.1 Å². The highest BCUT2D eigenvalue weighted by Crippen LogP contribution is 2.01. The summed E-state index contributed by atoms with van der Waals surface area (Å²) >= 11 is 0. The van der Waals surface area contributed by atoms with Gasteiger partial charge in [-0.2, -0.15) is 8.42 Å². The van der Waals surface area contributed by atoms with Crippen LogP contribution in [0.1, 0.15) is 24.8 Å². The quantitative estimate of drug-likeness (QED) is 0.432. The van der Waals surface area contributed by atoms with Gasteiger partial charge in [-0.05, 0) is 18.4 Å². The van der Waals surface area contributed by atoms with Crippen molar-refractivity contribution in [3.63, 3.8) is 0 Å². The molecule has 1 N–H and O–H groups in total. The zero-order valence-electron chi connectivity index (χ0n) is 12.7. The molecule has 23 heavy (non-hydrogen) atoms. The molecule has 0 heterocycles. The molecule has 9 heteroatoms. The van der Waals surface area contributed by atoms with E-state index in [2.05, 4.69) is 9.02 Å². The number of amides is 1. The first-order chi connectivity index (χ1) is 10.9. The second-order valence-electron chi connectivity index (χ2n) is 4.62. The average Bonchev–Trinajstić information content (AvgIpc) is 2.50. The van der Waals surface area contributed by atoms with Crippen molar-refractivity contribution in [3.8, 4) is 0 Å². The molecule has 0 bridgehead atoms. The summed E-state index contributed by atoms with van der Waals surface area (Å²) in [5, 5.41) is 0. The Kier molecular flexibility index (Phi) is 8.06. The normalized spacial score (nSPS) is 10.8. The predicted octanol–water partition coefficient (Wildman–Crippen LogP) is 1.52. The second kappa shape index (κ2) is 9.80. The van der Waals surface area contributed by atoms with E-state index in [0.717, 1.165) is 11.8 Å². The maximum Gasteiger partial charge on any atom is 0.441 e. The van der Waals surface area contributed by atoms with Crippen molar-refractivity contribution in [1.82, 2.24) is 5.48 Å². The van der Waals surface area contributed by atoms with Gasteiger partial charge in [0.05, 0.1) is 12.9 Å². The molecule has 1 aromatic rings. The van der Waals surface area contributed by atoms with Crippen molar-refractivity contribution in [2.75, 3.05) is 12.9 Å². The molecule has 1 amide bonds. The van der Waals surface area contributed by atoms with Crippen LogP contribution in [0.3, 0.4) is 0 Å². The molecule has 0 radical (unpaired) electrons. The summed E-state index contributed by atoms with van der Waals surface area (Å²) < 4.78 is 30.7. The minimum atomic E-state index is -3.47. The van der Waals surface area contributed by atoms with Crippen LogP contribution >= 0.6 is 0 Å². The summed E-state index contributed by atoms with van der Waals surface area (Å²) in [4.78, 5) is 27.2. The van der Waals surface area contributed by atoms with Crippen LogP contribution in [0.15, 0.2) is 30.3 Å². The smallest absolute Gasteiger partial charge is 0.441 e. The largest absolute Gasteiger partial charge is 0.443 e. The number of hydrogen-bond donors (Lipinski definition) is 1. The molecule has 0 spiro atoms. The number of carbonyl (C=O) groups excluding carboxylic acids is 2. The Hall–Kier alpha value is -2.13. The third-order valence-electron chi connectivity index (χ3n) is 2.53. The topological polar surface area (TPSA) is 108 Å². The standard InChI is InChI=1S/C14H19NO7S/c1-23(18,19)21-10-6-5-9-13(16)22-15-14(17)20-11-12-7-3-2-4-8-12/h2-4,7-8H,5-6,9-11H2,1H3,(H,15,17). The van der Waals surface area contributed by atoms with Crippen LogP contribution in [-0.4, -0.2) is 33.3 Å². The van der Waals surface area contributed by atoms with Crippen LogP contribution in [0, 0.1) is 0 Å². The van der Waals surface area contributed by atoms with Gasteiger partial charge < -0.3 is 9.57 Å². The van der Waals surface area contributed by atoms with Gasteiger partial charge in [0, 0.05) is 6.42 Å². The van der Waals surface area contributed by atoms with Crippen LogP contribution in [0.4, 0.5) is 4.79 Å². The molecule has 0 aliphatic heterocycles. The molecule has 0 aliphatic rings. The second-order valence-corrected chi connectivity index (χ2v) is 6.27. The molecule has 0 aromatic heterocycles. The summed E-state index contributed by atoms with van der Waals surface area (Å²) in [6, 6.07) is 9.04. The maximum atomic E-state index is 11.3. The number of unbranched alkanes of at least 4 members (excludes halogenated alkanes) is 1. The van der Waals surface area contributed by atoms with Crippen molar-refractivity contribution >= 4 is 22.2 Å². The van der Waals surface area contributed by atoms with Gasteiger partial charge in [0.1, 0.15) is 6.61 Å². The highest BCUT2D eigenvalue weighted by atomic mass is 32.2. The molecule has 0 saturated carbocycles.